The van der Waals surface area contributed by atoms with E-state index < -0.39 is 5.79 Å². The summed E-state index contributed by atoms with van der Waals surface area (Å²) in [5, 5.41) is 18.2. The van der Waals surface area contributed by atoms with Crippen molar-refractivity contribution in [1.82, 2.24) is 0 Å². The van der Waals surface area contributed by atoms with E-state index in [0.717, 1.165) is 12.8 Å². The number of rotatable bonds is 17. The Morgan fingerprint density at radius 2 is 1.21 bits per heavy atom. The van der Waals surface area contributed by atoms with Gasteiger partial charge in [-0.2, -0.15) is 0 Å². The van der Waals surface area contributed by atoms with Gasteiger partial charge in [0.15, 0.2) is 11.6 Å². The van der Waals surface area contributed by atoms with Gasteiger partial charge >= 0.3 is 0 Å². The third kappa shape index (κ3) is 19.4. The van der Waals surface area contributed by atoms with E-state index in [1.54, 1.807) is 0 Å². The highest BCUT2D eigenvalue weighted by Crippen LogP contribution is 2.13. The molecule has 0 aliphatic carbocycles. The van der Waals surface area contributed by atoms with Gasteiger partial charge in [0.05, 0.1) is 6.42 Å². The minimum absolute atomic E-state index is 0.225. The molecule has 3 nitrogen and oxygen atoms in total. The van der Waals surface area contributed by atoms with Crippen molar-refractivity contribution in [2.45, 2.75) is 116 Å². The van der Waals surface area contributed by atoms with Crippen LogP contribution < -0.4 is 0 Å². The van der Waals surface area contributed by atoms with E-state index in [-0.39, 0.29) is 12.2 Å². The number of allylic oxidation sites excluding steroid dienone is 2. The first kappa shape index (κ1) is 23.3. The monoisotopic (exact) mass is 340 g/mol. The molecule has 0 aliphatic rings. The summed E-state index contributed by atoms with van der Waals surface area (Å²) in [6.07, 6.45) is 21.4. The van der Waals surface area contributed by atoms with Crippen molar-refractivity contribution in [2.24, 2.45) is 0 Å². The highest BCUT2D eigenvalue weighted by atomic mass is 16.5. The van der Waals surface area contributed by atoms with Gasteiger partial charge in [-0.3, -0.25) is 4.79 Å². The average Bonchev–Trinajstić information content (AvgIpc) is 2.49. The lowest BCUT2D eigenvalue weighted by Crippen LogP contribution is -2.26. The summed E-state index contributed by atoms with van der Waals surface area (Å²) in [5.41, 5.74) is 0. The summed E-state index contributed by atoms with van der Waals surface area (Å²) < 4.78 is 0. The molecule has 0 aromatic carbocycles. The number of carbonyl (C=O) groups excluding carboxylic acids is 1. The zero-order chi connectivity index (χ0) is 18.1. The Morgan fingerprint density at radius 1 is 0.792 bits per heavy atom. The number of unbranched alkanes of at least 4 members (excludes halogenated alkanes) is 13. The van der Waals surface area contributed by atoms with Crippen LogP contribution in [0.1, 0.15) is 110 Å². The molecule has 0 spiro atoms. The molecule has 0 aromatic rings. The second kappa shape index (κ2) is 15.8. The average molecular weight is 341 g/mol. The molecular weight excluding hydrogens is 300 g/mol. The first-order chi connectivity index (χ1) is 11.5. The van der Waals surface area contributed by atoms with Crippen LogP contribution in [0.2, 0.25) is 0 Å². The Labute approximate surface area is 149 Å². The minimum Gasteiger partial charge on any atom is -0.365 e. The Hall–Kier alpha value is -0.670. The van der Waals surface area contributed by atoms with Crippen molar-refractivity contribution in [3.05, 3.63) is 12.2 Å². The number of aliphatic hydroxyl groups is 2. The van der Waals surface area contributed by atoms with Crippen LogP contribution in [-0.4, -0.2) is 21.8 Å². The van der Waals surface area contributed by atoms with Gasteiger partial charge in [-0.05, 0) is 25.8 Å². The maximum atomic E-state index is 11.4. The highest BCUT2D eigenvalue weighted by Gasteiger charge is 2.17. The van der Waals surface area contributed by atoms with Crippen molar-refractivity contribution < 1.29 is 15.0 Å². The quantitative estimate of drug-likeness (QED) is 0.203. The molecule has 142 valence electrons. The van der Waals surface area contributed by atoms with Crippen molar-refractivity contribution in [2.75, 3.05) is 0 Å². The molecule has 0 radical (unpaired) electrons. The number of ketones is 1. The fourth-order valence-electron chi connectivity index (χ4n) is 2.88. The largest absolute Gasteiger partial charge is 0.365 e. The third-order valence-electron chi connectivity index (χ3n) is 4.29. The van der Waals surface area contributed by atoms with Crippen LogP contribution in [0.15, 0.2) is 12.2 Å². The zero-order valence-electron chi connectivity index (χ0n) is 16.1. The van der Waals surface area contributed by atoms with E-state index >= 15 is 0 Å². The first-order valence-electron chi connectivity index (χ1n) is 10.1. The van der Waals surface area contributed by atoms with Crippen LogP contribution in [0.25, 0.3) is 0 Å². The molecule has 0 aliphatic heterocycles. The Balaban J connectivity index is 3.24. The molecule has 24 heavy (non-hydrogen) atoms. The Morgan fingerprint density at radius 3 is 1.62 bits per heavy atom. The summed E-state index contributed by atoms with van der Waals surface area (Å²) >= 11 is 0. The maximum Gasteiger partial charge on any atom is 0.166 e. The predicted molar refractivity (Wildman–Crippen MR) is 102 cm³/mol. The third-order valence-corrected chi connectivity index (χ3v) is 4.29. The topological polar surface area (TPSA) is 57.5 Å². The van der Waals surface area contributed by atoms with E-state index in [2.05, 4.69) is 6.92 Å². The molecule has 0 saturated carbocycles. The molecule has 0 amide bonds. The summed E-state index contributed by atoms with van der Waals surface area (Å²) in [6, 6.07) is 0. The second-order valence-electron chi connectivity index (χ2n) is 7.29. The minimum atomic E-state index is -1.89. The Bertz CT molecular complexity index is 316. The molecule has 3 heteroatoms. The van der Waals surface area contributed by atoms with Gasteiger partial charge in [0, 0.05) is 0 Å². The molecule has 0 unspecified atom stereocenters. The van der Waals surface area contributed by atoms with Gasteiger partial charge in [0.2, 0.25) is 0 Å². The van der Waals surface area contributed by atoms with Gasteiger partial charge in [-0.1, -0.05) is 90.0 Å². The summed E-state index contributed by atoms with van der Waals surface area (Å²) in [6.45, 7) is 3.49. The first-order valence-corrected chi connectivity index (χ1v) is 10.1. The SMILES string of the molecule is CCCCCCCCCCCCCCCC=CC(=O)CC(C)(O)O. The fraction of sp³-hybridized carbons (Fsp3) is 0.857. The van der Waals surface area contributed by atoms with Crippen LogP contribution in [0, 0.1) is 0 Å². The van der Waals surface area contributed by atoms with Crippen LogP contribution in [0.4, 0.5) is 0 Å². The second-order valence-corrected chi connectivity index (χ2v) is 7.29. The van der Waals surface area contributed by atoms with Gasteiger partial charge in [0.1, 0.15) is 0 Å². The van der Waals surface area contributed by atoms with E-state index in [0.29, 0.717) is 0 Å². The molecule has 2 N–H and O–H groups in total. The van der Waals surface area contributed by atoms with Gasteiger partial charge < -0.3 is 10.2 Å². The fourth-order valence-corrected chi connectivity index (χ4v) is 2.88. The van der Waals surface area contributed by atoms with E-state index in [9.17, 15) is 4.79 Å². The summed E-state index contributed by atoms with van der Waals surface area (Å²) in [7, 11) is 0. The van der Waals surface area contributed by atoms with E-state index in [4.69, 9.17) is 10.2 Å². The van der Waals surface area contributed by atoms with E-state index in [1.807, 2.05) is 6.08 Å². The molecule has 0 atom stereocenters. The van der Waals surface area contributed by atoms with Crippen molar-refractivity contribution in [1.29, 1.82) is 0 Å². The van der Waals surface area contributed by atoms with Gasteiger partial charge in [0.25, 0.3) is 0 Å². The summed E-state index contributed by atoms with van der Waals surface area (Å²) in [4.78, 5) is 11.4. The standard InChI is InChI=1S/C21H40O3/c1-3-4-5-6-7-8-9-10-11-12-13-14-15-16-17-18-20(22)19-21(2,23)24/h17-18,23-24H,3-16,19H2,1-2H3. The van der Waals surface area contributed by atoms with E-state index in [1.165, 1.54) is 90.0 Å². The normalized spacial score (nSPS) is 12.2. The van der Waals surface area contributed by atoms with Crippen LogP contribution >= 0.6 is 0 Å². The maximum absolute atomic E-state index is 11.4. The van der Waals surface area contributed by atoms with Crippen LogP contribution in [0.5, 0.6) is 0 Å². The molecule has 0 bridgehead atoms. The molecule has 0 rings (SSSR count). The lowest BCUT2D eigenvalue weighted by molar-refractivity contribution is -0.157. The molecular formula is C21H40O3. The molecule has 0 saturated heterocycles. The smallest absolute Gasteiger partial charge is 0.166 e. The Kier molecular flexibility index (Phi) is 15.4. The van der Waals surface area contributed by atoms with Gasteiger partial charge in [-0.15, -0.1) is 0 Å². The van der Waals surface area contributed by atoms with Crippen LogP contribution in [0.3, 0.4) is 0 Å². The molecule has 0 heterocycles. The summed E-state index contributed by atoms with van der Waals surface area (Å²) in [5.74, 6) is -2.12. The number of hydrogen-bond acceptors (Lipinski definition) is 3. The zero-order valence-corrected chi connectivity index (χ0v) is 16.1. The van der Waals surface area contributed by atoms with Gasteiger partial charge in [-0.25, -0.2) is 0 Å². The predicted octanol–water partition coefficient (Wildman–Crippen LogP) is 5.68. The molecule has 0 fully saturated rings. The number of carbonyl (C=O) groups is 1. The van der Waals surface area contributed by atoms with Crippen molar-refractivity contribution >= 4 is 5.78 Å². The van der Waals surface area contributed by atoms with Crippen molar-refractivity contribution in [3.63, 3.8) is 0 Å². The lowest BCUT2D eigenvalue weighted by Gasteiger charge is -2.12. The van der Waals surface area contributed by atoms with Crippen molar-refractivity contribution in [3.8, 4) is 0 Å². The number of hydrogen-bond donors (Lipinski definition) is 2. The van der Waals surface area contributed by atoms with Crippen LogP contribution in [-0.2, 0) is 4.79 Å². The highest BCUT2D eigenvalue weighted by molar-refractivity contribution is 5.90. The lowest BCUT2D eigenvalue weighted by atomic mass is 10.0. The molecule has 0 aromatic heterocycles.